The number of nitrogens with zero attached hydrogens (tertiary/aromatic N) is 2. The van der Waals surface area contributed by atoms with Crippen molar-refractivity contribution in [2.45, 2.75) is 82.2 Å². The number of carbonyl (C=O) groups excluding carboxylic acids is 1. The number of sulfonamides is 1. The molecule has 4 aromatic carbocycles. The van der Waals surface area contributed by atoms with Gasteiger partial charge in [-0.25, -0.2) is 35.2 Å². The molecule has 0 radical (unpaired) electrons. The zero-order valence-corrected chi connectivity index (χ0v) is 31.6. The highest BCUT2D eigenvalue weighted by atomic mass is 35.5. The highest BCUT2D eigenvalue weighted by Crippen LogP contribution is 2.46. The number of carbonyl (C=O) groups is 2. The van der Waals surface area contributed by atoms with Crippen LogP contribution >= 0.6 is 11.6 Å². The van der Waals surface area contributed by atoms with Crippen LogP contribution in [0.4, 0.5) is 27.6 Å². The summed E-state index contributed by atoms with van der Waals surface area (Å²) in [5.41, 5.74) is 1.60. The van der Waals surface area contributed by atoms with Crippen molar-refractivity contribution in [2.75, 3.05) is 18.1 Å². The molecule has 0 aromatic heterocycles. The van der Waals surface area contributed by atoms with Gasteiger partial charge in [-0.2, -0.15) is 4.31 Å². The van der Waals surface area contributed by atoms with E-state index < -0.39 is 74.5 Å². The van der Waals surface area contributed by atoms with Crippen LogP contribution < -0.4 is 9.64 Å². The summed E-state index contributed by atoms with van der Waals surface area (Å²) in [4.78, 5) is 26.1. The Morgan fingerprint density at radius 1 is 0.855 bits per heavy atom. The first-order chi connectivity index (χ1) is 26.1. The van der Waals surface area contributed by atoms with Crippen molar-refractivity contribution < 1.29 is 49.8 Å². The normalized spacial score (nSPS) is 14.3. The molecule has 55 heavy (non-hydrogen) atoms. The van der Waals surface area contributed by atoms with Crippen LogP contribution in [0.2, 0.25) is 5.02 Å². The van der Waals surface area contributed by atoms with Crippen molar-refractivity contribution in [3.8, 4) is 5.75 Å². The molecule has 2 aliphatic rings. The number of unbranched alkanes of at least 4 members (excludes halogenated alkanes) is 1. The molecule has 0 bridgehead atoms. The second-order valence-corrected chi connectivity index (χ2v) is 16.2. The van der Waals surface area contributed by atoms with Gasteiger partial charge in [0, 0.05) is 17.1 Å². The lowest BCUT2D eigenvalue weighted by atomic mass is 9.99. The molecule has 1 N–H and O–H groups in total. The van der Waals surface area contributed by atoms with Gasteiger partial charge in [-0.1, -0.05) is 49.2 Å². The molecule has 6 rings (SSSR count). The molecule has 0 saturated heterocycles. The Morgan fingerprint density at radius 2 is 1.51 bits per heavy atom. The van der Waals surface area contributed by atoms with E-state index in [0.717, 1.165) is 68.4 Å². The Hall–Kier alpha value is -4.53. The minimum absolute atomic E-state index is 0.00627. The average molecular weight is 805 g/mol. The Balaban J connectivity index is 1.48. The Labute approximate surface area is 320 Å². The number of rotatable bonds is 16. The molecule has 2 fully saturated rings. The van der Waals surface area contributed by atoms with Crippen molar-refractivity contribution in [2.24, 2.45) is 0 Å². The van der Waals surface area contributed by atoms with Crippen molar-refractivity contribution in [1.82, 2.24) is 4.31 Å². The number of hydrogen-bond donors (Lipinski definition) is 1. The van der Waals surface area contributed by atoms with Crippen molar-refractivity contribution in [1.29, 1.82) is 0 Å². The summed E-state index contributed by atoms with van der Waals surface area (Å²) >= 11 is 6.24. The molecule has 0 spiro atoms. The first-order valence-electron chi connectivity index (χ1n) is 17.8. The topological polar surface area (TPSA) is 104 Å². The summed E-state index contributed by atoms with van der Waals surface area (Å²) in [7, 11) is -5.53. The van der Waals surface area contributed by atoms with Crippen LogP contribution in [-0.4, -0.2) is 42.9 Å². The van der Waals surface area contributed by atoms with Crippen molar-refractivity contribution in [3.63, 3.8) is 0 Å². The second kappa shape index (κ2) is 16.3. The maximum atomic E-state index is 15.5. The number of benzene rings is 4. The highest BCUT2D eigenvalue weighted by Gasteiger charge is 2.38. The molecule has 2 saturated carbocycles. The van der Waals surface area contributed by atoms with Gasteiger partial charge in [-0.3, -0.25) is 4.79 Å². The van der Waals surface area contributed by atoms with Crippen LogP contribution in [-0.2, 0) is 27.9 Å². The minimum atomic E-state index is -5.53. The average Bonchev–Trinajstić information content (AvgIpc) is 4.07. The van der Waals surface area contributed by atoms with Gasteiger partial charge in [0.2, 0.25) is 15.9 Å². The van der Waals surface area contributed by atoms with Crippen LogP contribution in [0.5, 0.6) is 5.75 Å². The lowest BCUT2D eigenvalue weighted by molar-refractivity contribution is -0.119. The van der Waals surface area contributed by atoms with Gasteiger partial charge in [-0.05, 0) is 103 Å². The van der Waals surface area contributed by atoms with Gasteiger partial charge >= 0.3 is 5.97 Å². The van der Waals surface area contributed by atoms with Crippen molar-refractivity contribution in [3.05, 3.63) is 122 Å². The van der Waals surface area contributed by atoms with Crippen LogP contribution in [0.25, 0.3) is 0 Å². The van der Waals surface area contributed by atoms with E-state index in [0.29, 0.717) is 28.1 Å². The number of ether oxygens (including phenoxy) is 1. The summed E-state index contributed by atoms with van der Waals surface area (Å²) < 4.78 is 109. The lowest BCUT2D eigenvalue weighted by Crippen LogP contribution is -2.43. The third-order valence-corrected chi connectivity index (χ3v) is 11.9. The molecule has 2 aliphatic carbocycles. The molecular formula is C40H38ClF5N2O6S. The fourth-order valence-electron chi connectivity index (χ4n) is 6.33. The highest BCUT2D eigenvalue weighted by molar-refractivity contribution is 7.89. The quantitative estimate of drug-likeness (QED) is 0.0524. The number of amides is 1. The van der Waals surface area contributed by atoms with E-state index in [-0.39, 0.29) is 40.7 Å². The van der Waals surface area contributed by atoms with Gasteiger partial charge in [0.1, 0.15) is 11.6 Å². The molecule has 8 nitrogen and oxygen atoms in total. The maximum absolute atomic E-state index is 15.5. The predicted octanol–water partition coefficient (Wildman–Crippen LogP) is 9.40. The number of hydrogen-bond acceptors (Lipinski definition) is 5. The van der Waals surface area contributed by atoms with E-state index in [9.17, 15) is 36.3 Å². The fraction of sp³-hybridized carbons (Fsp3) is 0.350. The minimum Gasteiger partial charge on any atom is -0.491 e. The van der Waals surface area contributed by atoms with Crippen molar-refractivity contribution >= 4 is 39.2 Å². The Kier molecular flexibility index (Phi) is 11.9. The van der Waals surface area contributed by atoms with Crippen LogP contribution in [0.15, 0.2) is 59.5 Å². The molecule has 0 heterocycles. The SMILES string of the molecule is CCCCOc1cc(C(=O)O)ccc1N(Cc1cc(C2CC2)cc(C2CC2)c1)C(=O)CN(Cc1ccc(F)cc1Cl)S(=O)(=O)c1c(F)c(C)c(F)c(F)c1F. The number of aromatic carboxylic acids is 1. The largest absolute Gasteiger partial charge is 0.491 e. The van der Waals surface area contributed by atoms with E-state index in [1.165, 1.54) is 23.1 Å². The number of carboxylic acids is 1. The molecule has 0 unspecified atom stereocenters. The first-order valence-corrected chi connectivity index (χ1v) is 19.6. The Bertz CT molecular complexity index is 2210. The molecule has 0 atom stereocenters. The van der Waals surface area contributed by atoms with Gasteiger partial charge in [0.25, 0.3) is 0 Å². The van der Waals surface area contributed by atoms with E-state index in [1.54, 1.807) is 0 Å². The second-order valence-electron chi connectivity index (χ2n) is 13.9. The predicted molar refractivity (Wildman–Crippen MR) is 195 cm³/mol. The molecular weight excluding hydrogens is 767 g/mol. The lowest BCUT2D eigenvalue weighted by Gasteiger charge is -2.29. The summed E-state index contributed by atoms with van der Waals surface area (Å²) in [6.07, 6.45) is 5.29. The van der Waals surface area contributed by atoms with E-state index in [1.807, 2.05) is 19.1 Å². The molecule has 15 heteroatoms. The zero-order valence-electron chi connectivity index (χ0n) is 30.0. The van der Waals surface area contributed by atoms with Gasteiger partial charge in [0.15, 0.2) is 28.2 Å². The molecule has 0 aliphatic heterocycles. The molecule has 292 valence electrons. The first kappa shape index (κ1) is 40.1. The number of anilines is 1. The van der Waals surface area contributed by atoms with Gasteiger partial charge in [0.05, 0.1) is 30.9 Å². The summed E-state index contributed by atoms with van der Waals surface area (Å²) in [6.45, 7) is 0.648. The zero-order chi connectivity index (χ0) is 39.8. The standard InChI is InChI=1S/C40H38ClF5N2O6S/c1-3-4-13-54-33-17-26(40(50)51)10-12-32(33)48(19-23-14-28(24-5-6-24)16-29(15-23)25-7-8-25)34(49)21-47(20-27-9-11-30(42)18-31(27)41)55(52,53)39-36(44)22(2)35(43)37(45)38(39)46/h9-12,14-18,24-25H,3-8,13,19-21H2,1-2H3,(H,50,51). The van der Waals surface area contributed by atoms with E-state index in [4.69, 9.17) is 16.3 Å². The molecule has 1 amide bonds. The Morgan fingerprint density at radius 3 is 2.09 bits per heavy atom. The van der Waals surface area contributed by atoms with E-state index >= 15 is 8.78 Å². The number of halogens is 6. The molecule has 4 aromatic rings. The monoisotopic (exact) mass is 804 g/mol. The number of carboxylic acid groups (broad SMARTS) is 1. The summed E-state index contributed by atoms with van der Waals surface area (Å²) in [6, 6.07) is 12.8. The summed E-state index contributed by atoms with van der Waals surface area (Å²) in [5.74, 6) is -10.7. The van der Waals surface area contributed by atoms with Crippen LogP contribution in [0.3, 0.4) is 0 Å². The third-order valence-electron chi connectivity index (χ3n) is 9.74. The third kappa shape index (κ3) is 8.81. The maximum Gasteiger partial charge on any atom is 0.335 e. The van der Waals surface area contributed by atoms with Crippen LogP contribution in [0, 0.1) is 36.0 Å². The van der Waals surface area contributed by atoms with Gasteiger partial charge in [-0.15, -0.1) is 0 Å². The fourth-order valence-corrected chi connectivity index (χ4v) is 8.10. The van der Waals surface area contributed by atoms with E-state index in [2.05, 4.69) is 6.07 Å². The summed E-state index contributed by atoms with van der Waals surface area (Å²) in [5, 5.41) is 9.49. The van der Waals surface area contributed by atoms with Gasteiger partial charge < -0.3 is 14.7 Å². The smallest absolute Gasteiger partial charge is 0.335 e. The van der Waals surface area contributed by atoms with Crippen LogP contribution in [0.1, 0.15) is 95.5 Å².